The van der Waals surface area contributed by atoms with Gasteiger partial charge in [-0.2, -0.15) is 8.42 Å². The van der Waals surface area contributed by atoms with Gasteiger partial charge in [-0.15, -0.1) is 11.3 Å². The van der Waals surface area contributed by atoms with Crippen LogP contribution in [-0.4, -0.2) is 31.3 Å². The molecular weight excluding hydrogens is 504 g/mol. The van der Waals surface area contributed by atoms with Crippen molar-refractivity contribution in [1.29, 1.82) is 0 Å². The Morgan fingerprint density at radius 2 is 1.84 bits per heavy atom. The average molecular weight is 519 g/mol. The van der Waals surface area contributed by atoms with Crippen LogP contribution in [0.4, 0.5) is 17.1 Å². The van der Waals surface area contributed by atoms with Gasteiger partial charge in [-0.1, -0.05) is 17.7 Å². The molecule has 1 heterocycles. The van der Waals surface area contributed by atoms with Crippen molar-refractivity contribution in [2.75, 3.05) is 10.0 Å². The summed E-state index contributed by atoms with van der Waals surface area (Å²) >= 11 is 6.99. The SMILES string of the molecule is Cc1c(NCc2cnc(Cl)s2)cc(S(=O)(=O)O)cc1NS(=O)(=O)c1cccc([N+](=O)[O-])c1. The fourth-order valence-electron chi connectivity index (χ4n) is 2.64. The van der Waals surface area contributed by atoms with Crippen LogP contribution in [-0.2, 0) is 26.7 Å². The number of halogens is 1. The lowest BCUT2D eigenvalue weighted by Crippen LogP contribution is -2.15. The first-order valence-corrected chi connectivity index (χ1v) is 12.7. The highest BCUT2D eigenvalue weighted by Crippen LogP contribution is 2.31. The van der Waals surface area contributed by atoms with Crippen molar-refractivity contribution < 1.29 is 26.3 Å². The number of anilines is 2. The number of hydrogen-bond donors (Lipinski definition) is 3. The van der Waals surface area contributed by atoms with Crippen LogP contribution < -0.4 is 10.0 Å². The quantitative estimate of drug-likeness (QED) is 0.229. The number of aromatic nitrogens is 1. The Labute approximate surface area is 192 Å². The lowest BCUT2D eigenvalue weighted by molar-refractivity contribution is -0.385. The summed E-state index contributed by atoms with van der Waals surface area (Å²) in [5, 5.41) is 13.9. The van der Waals surface area contributed by atoms with Crippen LogP contribution in [0.15, 0.2) is 52.4 Å². The lowest BCUT2D eigenvalue weighted by Gasteiger charge is -2.16. The van der Waals surface area contributed by atoms with E-state index in [1.54, 1.807) is 0 Å². The largest absolute Gasteiger partial charge is 0.380 e. The van der Waals surface area contributed by atoms with Crippen LogP contribution in [0.2, 0.25) is 4.47 Å². The molecule has 0 spiro atoms. The molecule has 0 unspecified atom stereocenters. The number of thiazole rings is 1. The maximum atomic E-state index is 12.8. The Morgan fingerprint density at radius 1 is 1.16 bits per heavy atom. The van der Waals surface area contributed by atoms with Gasteiger partial charge in [-0.25, -0.2) is 13.4 Å². The molecule has 0 atom stereocenters. The highest BCUT2D eigenvalue weighted by atomic mass is 35.5. The number of rotatable bonds is 8. The maximum absolute atomic E-state index is 12.8. The third-order valence-electron chi connectivity index (χ3n) is 4.24. The number of sulfonamides is 1. The Morgan fingerprint density at radius 3 is 2.44 bits per heavy atom. The van der Waals surface area contributed by atoms with E-state index >= 15 is 0 Å². The van der Waals surface area contributed by atoms with Gasteiger partial charge in [0.2, 0.25) is 0 Å². The zero-order valence-electron chi connectivity index (χ0n) is 16.1. The molecule has 0 aliphatic rings. The number of non-ortho nitro benzene ring substituents is 1. The zero-order chi connectivity index (χ0) is 23.7. The summed E-state index contributed by atoms with van der Waals surface area (Å²) in [6, 6.07) is 6.48. The van der Waals surface area contributed by atoms with Crippen molar-refractivity contribution in [1.82, 2.24) is 4.98 Å². The predicted octanol–water partition coefficient (Wildman–Crippen LogP) is 3.67. The van der Waals surface area contributed by atoms with E-state index in [-0.39, 0.29) is 17.9 Å². The number of nitro benzene ring substituents is 1. The Balaban J connectivity index is 2.01. The molecule has 11 nitrogen and oxygen atoms in total. The van der Waals surface area contributed by atoms with Crippen LogP contribution in [0.3, 0.4) is 0 Å². The molecular formula is C17H15ClN4O7S3. The predicted molar refractivity (Wildman–Crippen MR) is 119 cm³/mol. The summed E-state index contributed by atoms with van der Waals surface area (Å²) in [5.41, 5.74) is -0.0262. The van der Waals surface area contributed by atoms with E-state index in [9.17, 15) is 31.5 Å². The molecule has 170 valence electrons. The van der Waals surface area contributed by atoms with Gasteiger partial charge in [-0.3, -0.25) is 19.4 Å². The van der Waals surface area contributed by atoms with Gasteiger partial charge >= 0.3 is 0 Å². The molecule has 3 N–H and O–H groups in total. The monoisotopic (exact) mass is 518 g/mol. The summed E-state index contributed by atoms with van der Waals surface area (Å²) in [4.78, 5) is 13.9. The van der Waals surface area contributed by atoms with Gasteiger partial charge in [0, 0.05) is 28.9 Å². The second kappa shape index (κ2) is 8.99. The van der Waals surface area contributed by atoms with Crippen molar-refractivity contribution in [2.24, 2.45) is 0 Å². The fraction of sp³-hybridized carbons (Fsp3) is 0.118. The van der Waals surface area contributed by atoms with Crippen LogP contribution >= 0.6 is 22.9 Å². The molecule has 0 saturated heterocycles. The van der Waals surface area contributed by atoms with E-state index in [2.05, 4.69) is 15.0 Å². The number of nitro groups is 1. The van der Waals surface area contributed by atoms with E-state index in [1.807, 2.05) is 0 Å². The van der Waals surface area contributed by atoms with E-state index in [4.69, 9.17) is 11.6 Å². The van der Waals surface area contributed by atoms with Crippen LogP contribution in [0.1, 0.15) is 10.4 Å². The topological polar surface area (TPSA) is 169 Å². The number of benzene rings is 2. The molecule has 0 aliphatic carbocycles. The first kappa shape index (κ1) is 23.9. The van der Waals surface area contributed by atoms with Crippen molar-refractivity contribution in [3.8, 4) is 0 Å². The molecule has 3 aromatic rings. The van der Waals surface area contributed by atoms with Gasteiger partial charge in [0.05, 0.1) is 26.9 Å². The minimum atomic E-state index is -4.68. The van der Waals surface area contributed by atoms with Gasteiger partial charge in [0.1, 0.15) is 0 Å². The average Bonchev–Trinajstić information content (AvgIpc) is 3.12. The van der Waals surface area contributed by atoms with E-state index < -0.39 is 40.5 Å². The van der Waals surface area contributed by atoms with Gasteiger partial charge in [0.15, 0.2) is 4.47 Å². The summed E-state index contributed by atoms with van der Waals surface area (Å²) in [7, 11) is -9.00. The van der Waals surface area contributed by atoms with E-state index in [1.165, 1.54) is 30.5 Å². The first-order valence-electron chi connectivity index (χ1n) is 8.60. The molecule has 15 heteroatoms. The highest BCUT2D eigenvalue weighted by Gasteiger charge is 2.22. The summed E-state index contributed by atoms with van der Waals surface area (Å²) in [6.45, 7) is 1.73. The van der Waals surface area contributed by atoms with Crippen molar-refractivity contribution in [3.63, 3.8) is 0 Å². The van der Waals surface area contributed by atoms with Crippen molar-refractivity contribution >= 4 is 60.1 Å². The van der Waals surface area contributed by atoms with E-state index in [0.29, 0.717) is 10.0 Å². The minimum Gasteiger partial charge on any atom is -0.380 e. The first-order chi connectivity index (χ1) is 14.9. The molecule has 0 bridgehead atoms. The fourth-order valence-corrected chi connectivity index (χ4v) is 5.25. The Bertz CT molecular complexity index is 1410. The van der Waals surface area contributed by atoms with Gasteiger partial charge < -0.3 is 5.32 Å². The molecule has 0 saturated carbocycles. The summed E-state index contributed by atoms with van der Waals surface area (Å²) in [5.74, 6) is 0. The van der Waals surface area contributed by atoms with Crippen LogP contribution in [0.25, 0.3) is 0 Å². The Hall–Kier alpha value is -2.78. The summed E-state index contributed by atoms with van der Waals surface area (Å²) < 4.78 is 61.1. The van der Waals surface area contributed by atoms with Gasteiger partial charge in [0.25, 0.3) is 25.8 Å². The second-order valence-corrected chi connectivity index (χ2v) is 11.2. The van der Waals surface area contributed by atoms with Crippen molar-refractivity contribution in [3.05, 3.63) is 67.6 Å². The lowest BCUT2D eigenvalue weighted by atomic mass is 10.1. The van der Waals surface area contributed by atoms with Gasteiger partial charge in [-0.05, 0) is 30.7 Å². The Kier molecular flexibility index (Phi) is 6.71. The molecule has 32 heavy (non-hydrogen) atoms. The number of nitrogens with one attached hydrogen (secondary N) is 2. The molecule has 1 aromatic heterocycles. The third-order valence-corrected chi connectivity index (χ3v) is 7.55. The molecule has 0 amide bonds. The molecule has 0 radical (unpaired) electrons. The summed E-state index contributed by atoms with van der Waals surface area (Å²) in [6.07, 6.45) is 1.52. The molecule has 0 aliphatic heterocycles. The van der Waals surface area contributed by atoms with Crippen LogP contribution in [0, 0.1) is 17.0 Å². The zero-order valence-corrected chi connectivity index (χ0v) is 19.3. The van der Waals surface area contributed by atoms with Crippen LogP contribution in [0.5, 0.6) is 0 Å². The standard InChI is InChI=1S/C17H15ClN4O7S3/c1-10-15(19-8-12-9-20-17(18)30-12)6-14(32(27,28)29)7-16(10)21-31(25,26)13-4-2-3-11(5-13)22(23)24/h2-7,9,19,21H,8H2,1H3,(H,27,28,29). The molecule has 3 rings (SSSR count). The highest BCUT2D eigenvalue weighted by molar-refractivity contribution is 7.92. The molecule has 2 aromatic carbocycles. The smallest absolute Gasteiger partial charge is 0.294 e. The van der Waals surface area contributed by atoms with E-state index in [0.717, 1.165) is 35.2 Å². The number of hydrogen-bond acceptors (Lipinski definition) is 9. The normalized spacial score (nSPS) is 11.8. The van der Waals surface area contributed by atoms with Crippen molar-refractivity contribution in [2.45, 2.75) is 23.3 Å². The maximum Gasteiger partial charge on any atom is 0.294 e. The second-order valence-electron chi connectivity index (χ2n) is 6.41. The molecule has 0 fully saturated rings. The third kappa shape index (κ3) is 5.52. The minimum absolute atomic E-state index is 0.142. The number of nitrogens with zero attached hydrogens (tertiary/aromatic N) is 2.